The van der Waals surface area contributed by atoms with Gasteiger partial charge in [0.15, 0.2) is 0 Å². The fourth-order valence-electron chi connectivity index (χ4n) is 3.20. The second kappa shape index (κ2) is 7.93. The van der Waals surface area contributed by atoms with Gasteiger partial charge < -0.3 is 4.52 Å². The summed E-state index contributed by atoms with van der Waals surface area (Å²) in [7, 11) is 0. The second-order valence-corrected chi connectivity index (χ2v) is 7.49. The van der Waals surface area contributed by atoms with Crippen molar-refractivity contribution in [2.45, 2.75) is 39.3 Å². The van der Waals surface area contributed by atoms with Gasteiger partial charge in [0.2, 0.25) is 11.7 Å². The van der Waals surface area contributed by atoms with E-state index in [1.54, 1.807) is 18.2 Å². The fourth-order valence-corrected chi connectivity index (χ4v) is 3.85. The third kappa shape index (κ3) is 3.43. The summed E-state index contributed by atoms with van der Waals surface area (Å²) in [6.07, 6.45) is 2.77. The van der Waals surface area contributed by atoms with Crippen LogP contribution >= 0.6 is 11.3 Å². The highest BCUT2D eigenvalue weighted by atomic mass is 32.1. The monoisotopic (exact) mass is 396 g/mol. The van der Waals surface area contributed by atoms with E-state index in [0.717, 1.165) is 24.1 Å². The maximum absolute atomic E-state index is 13.1. The van der Waals surface area contributed by atoms with E-state index in [1.165, 1.54) is 20.5 Å². The molecule has 0 saturated heterocycles. The first-order valence-corrected chi connectivity index (χ1v) is 10.2. The Balaban J connectivity index is 1.77. The van der Waals surface area contributed by atoms with Crippen molar-refractivity contribution in [1.29, 1.82) is 0 Å². The first-order valence-electron chi connectivity index (χ1n) is 9.28. The molecule has 0 spiro atoms. The van der Waals surface area contributed by atoms with E-state index in [0.29, 0.717) is 29.2 Å². The van der Waals surface area contributed by atoms with Gasteiger partial charge in [-0.15, -0.1) is 11.3 Å². The van der Waals surface area contributed by atoms with E-state index in [4.69, 9.17) is 4.52 Å². The Morgan fingerprint density at radius 2 is 1.93 bits per heavy atom. The Labute approximate surface area is 164 Å². The predicted molar refractivity (Wildman–Crippen MR) is 109 cm³/mol. The van der Waals surface area contributed by atoms with Crippen LogP contribution in [0.15, 0.2) is 55.9 Å². The molecular weight excluding hydrogens is 376 g/mol. The minimum Gasteiger partial charge on any atom is -0.337 e. The Hall–Kier alpha value is -3.00. The van der Waals surface area contributed by atoms with E-state index >= 15 is 0 Å². The normalized spacial score (nSPS) is 11.3. The smallest absolute Gasteiger partial charge is 0.331 e. The van der Waals surface area contributed by atoms with Crippen LogP contribution in [0.25, 0.3) is 21.6 Å². The molecule has 0 saturated carbocycles. The molecule has 4 rings (SSSR count). The van der Waals surface area contributed by atoms with Gasteiger partial charge in [-0.1, -0.05) is 43.1 Å². The third-order valence-electron chi connectivity index (χ3n) is 4.62. The van der Waals surface area contributed by atoms with Crippen molar-refractivity contribution in [1.82, 2.24) is 19.3 Å². The number of hydrogen-bond acceptors (Lipinski definition) is 6. The maximum atomic E-state index is 13.1. The van der Waals surface area contributed by atoms with Crippen LogP contribution in [-0.4, -0.2) is 19.3 Å². The lowest BCUT2D eigenvalue weighted by molar-refractivity contribution is 0.369. The van der Waals surface area contributed by atoms with Crippen LogP contribution in [-0.2, 0) is 13.1 Å². The Bertz CT molecular complexity index is 1200. The molecule has 3 aromatic heterocycles. The molecular formula is C20H20N4O3S. The van der Waals surface area contributed by atoms with Gasteiger partial charge in [-0.2, -0.15) is 4.98 Å². The zero-order valence-corrected chi connectivity index (χ0v) is 16.3. The van der Waals surface area contributed by atoms with Crippen LogP contribution < -0.4 is 11.2 Å². The summed E-state index contributed by atoms with van der Waals surface area (Å²) >= 11 is 1.52. The highest BCUT2D eigenvalue weighted by Crippen LogP contribution is 2.21. The SMILES string of the molecule is CCCCCn1c(=O)c2ccccc2n(Cc2nc(-c3cccs3)no2)c1=O. The van der Waals surface area contributed by atoms with Crippen LogP contribution in [0.3, 0.4) is 0 Å². The minimum atomic E-state index is -0.351. The molecule has 0 atom stereocenters. The zero-order valence-electron chi connectivity index (χ0n) is 15.5. The molecule has 28 heavy (non-hydrogen) atoms. The zero-order chi connectivity index (χ0) is 19.5. The number of fused-ring (bicyclic) bond motifs is 1. The molecule has 0 aliphatic carbocycles. The summed E-state index contributed by atoms with van der Waals surface area (Å²) < 4.78 is 8.21. The number of hydrogen-bond donors (Lipinski definition) is 0. The number of aromatic nitrogens is 4. The van der Waals surface area contributed by atoms with Gasteiger partial charge in [-0.05, 0) is 30.0 Å². The number of nitrogens with zero attached hydrogens (tertiary/aromatic N) is 4. The van der Waals surface area contributed by atoms with Crippen molar-refractivity contribution in [3.8, 4) is 10.7 Å². The van der Waals surface area contributed by atoms with Crippen molar-refractivity contribution < 1.29 is 4.52 Å². The van der Waals surface area contributed by atoms with Crippen LogP contribution in [0.1, 0.15) is 32.1 Å². The van der Waals surface area contributed by atoms with Crippen LogP contribution in [0.4, 0.5) is 0 Å². The maximum Gasteiger partial charge on any atom is 0.331 e. The third-order valence-corrected chi connectivity index (χ3v) is 5.49. The quantitative estimate of drug-likeness (QED) is 0.447. The summed E-state index contributed by atoms with van der Waals surface area (Å²) in [5.41, 5.74) is -0.0338. The molecule has 7 nitrogen and oxygen atoms in total. The Morgan fingerprint density at radius 1 is 1.07 bits per heavy atom. The summed E-state index contributed by atoms with van der Waals surface area (Å²) in [5, 5.41) is 6.46. The number of thiophene rings is 1. The Morgan fingerprint density at radius 3 is 2.71 bits per heavy atom. The summed E-state index contributed by atoms with van der Waals surface area (Å²) in [4.78, 5) is 31.2. The highest BCUT2D eigenvalue weighted by molar-refractivity contribution is 7.13. The van der Waals surface area contributed by atoms with E-state index in [1.807, 2.05) is 23.6 Å². The molecule has 0 bridgehead atoms. The van der Waals surface area contributed by atoms with Gasteiger partial charge in [-0.3, -0.25) is 13.9 Å². The van der Waals surface area contributed by atoms with Gasteiger partial charge in [0.25, 0.3) is 5.56 Å². The van der Waals surface area contributed by atoms with Crippen molar-refractivity contribution in [2.24, 2.45) is 0 Å². The average molecular weight is 396 g/mol. The lowest BCUT2D eigenvalue weighted by atomic mass is 10.2. The molecule has 3 heterocycles. The molecule has 0 amide bonds. The number of rotatable bonds is 7. The molecule has 0 aliphatic rings. The topological polar surface area (TPSA) is 82.9 Å². The number of unbranched alkanes of at least 4 members (excludes halogenated alkanes) is 2. The van der Waals surface area contributed by atoms with Crippen LogP contribution in [0.5, 0.6) is 0 Å². The van der Waals surface area contributed by atoms with E-state index in [9.17, 15) is 9.59 Å². The first-order chi connectivity index (χ1) is 13.7. The van der Waals surface area contributed by atoms with Gasteiger partial charge >= 0.3 is 5.69 Å². The number of benzene rings is 1. The molecule has 0 aliphatic heterocycles. The van der Waals surface area contributed by atoms with Gasteiger partial charge in [0.1, 0.15) is 6.54 Å². The van der Waals surface area contributed by atoms with Gasteiger partial charge in [0, 0.05) is 6.54 Å². The standard InChI is InChI=1S/C20H20N4O3S/c1-2-3-6-11-23-19(25)14-8-4-5-9-15(14)24(20(23)26)13-17-21-18(22-27-17)16-10-7-12-28-16/h4-5,7-10,12H,2-3,6,11,13H2,1H3. The molecule has 144 valence electrons. The van der Waals surface area contributed by atoms with Crippen molar-refractivity contribution >= 4 is 22.2 Å². The van der Waals surface area contributed by atoms with Crippen molar-refractivity contribution in [2.75, 3.05) is 0 Å². The summed E-state index contributed by atoms with van der Waals surface area (Å²) in [6.45, 7) is 2.61. The summed E-state index contributed by atoms with van der Waals surface area (Å²) in [5.74, 6) is 0.827. The predicted octanol–water partition coefficient (Wildman–Crippen LogP) is 3.51. The van der Waals surface area contributed by atoms with Crippen molar-refractivity contribution in [3.63, 3.8) is 0 Å². The second-order valence-electron chi connectivity index (χ2n) is 6.54. The molecule has 4 aromatic rings. The van der Waals surface area contributed by atoms with Gasteiger partial charge in [0.05, 0.1) is 15.8 Å². The molecule has 1 aromatic carbocycles. The lowest BCUT2D eigenvalue weighted by Crippen LogP contribution is -2.40. The molecule has 0 N–H and O–H groups in total. The number of para-hydroxylation sites is 1. The lowest BCUT2D eigenvalue weighted by Gasteiger charge is -2.12. The largest absolute Gasteiger partial charge is 0.337 e. The van der Waals surface area contributed by atoms with E-state index < -0.39 is 0 Å². The highest BCUT2D eigenvalue weighted by Gasteiger charge is 2.16. The van der Waals surface area contributed by atoms with Crippen LogP contribution in [0, 0.1) is 0 Å². The van der Waals surface area contributed by atoms with E-state index in [-0.39, 0.29) is 17.8 Å². The summed E-state index contributed by atoms with van der Waals surface area (Å²) in [6, 6.07) is 11.0. The fraction of sp³-hybridized carbons (Fsp3) is 0.300. The molecule has 0 radical (unpaired) electrons. The molecule has 0 unspecified atom stereocenters. The van der Waals surface area contributed by atoms with E-state index in [2.05, 4.69) is 17.1 Å². The van der Waals surface area contributed by atoms with Crippen LogP contribution in [0.2, 0.25) is 0 Å². The van der Waals surface area contributed by atoms with Gasteiger partial charge in [-0.25, -0.2) is 4.79 Å². The van der Waals surface area contributed by atoms with Crippen molar-refractivity contribution in [3.05, 3.63) is 68.5 Å². The molecule has 0 fully saturated rings. The molecule has 8 heteroatoms. The average Bonchev–Trinajstić information content (AvgIpc) is 3.39. The first kappa shape index (κ1) is 18.4. The minimum absolute atomic E-state index is 0.117. The Kier molecular flexibility index (Phi) is 5.21.